The molecular formula is C34H43NO6Si. The van der Waals surface area contributed by atoms with Crippen LogP contribution in [0, 0.1) is 0 Å². The van der Waals surface area contributed by atoms with Crippen LogP contribution in [0.2, 0.25) is 5.04 Å². The summed E-state index contributed by atoms with van der Waals surface area (Å²) in [5.74, 6) is 0. The van der Waals surface area contributed by atoms with E-state index in [0.717, 1.165) is 15.9 Å². The van der Waals surface area contributed by atoms with Crippen molar-refractivity contribution in [2.45, 2.75) is 57.1 Å². The van der Waals surface area contributed by atoms with Crippen LogP contribution in [-0.4, -0.2) is 69.7 Å². The van der Waals surface area contributed by atoms with E-state index in [2.05, 4.69) is 45.0 Å². The zero-order chi connectivity index (χ0) is 30.0. The van der Waals surface area contributed by atoms with Gasteiger partial charge in [-0.05, 0) is 27.4 Å². The number of likely N-dealkylation sites (tertiary alicyclic amines) is 1. The fourth-order valence-corrected chi connectivity index (χ4v) is 10.2. The molecule has 224 valence electrons. The van der Waals surface area contributed by atoms with E-state index in [1.807, 2.05) is 72.8 Å². The average Bonchev–Trinajstić information content (AvgIpc) is 3.41. The Balaban J connectivity index is 1.51. The van der Waals surface area contributed by atoms with E-state index in [9.17, 15) is 9.90 Å². The first-order valence-corrected chi connectivity index (χ1v) is 16.4. The summed E-state index contributed by atoms with van der Waals surface area (Å²) in [5.41, 5.74) is 0.917. The Hall–Kier alpha value is -3.27. The van der Waals surface area contributed by atoms with E-state index in [0.29, 0.717) is 13.0 Å². The molecule has 1 amide bonds. The number of hydrogen-bond acceptors (Lipinski definition) is 6. The molecule has 1 fully saturated rings. The van der Waals surface area contributed by atoms with Crippen molar-refractivity contribution in [3.8, 4) is 0 Å². The summed E-state index contributed by atoms with van der Waals surface area (Å²) in [6.07, 6.45) is 2.57. The van der Waals surface area contributed by atoms with Crippen molar-refractivity contribution >= 4 is 24.8 Å². The molecule has 8 heteroatoms. The second-order valence-corrected chi connectivity index (χ2v) is 15.9. The molecule has 0 spiro atoms. The third-order valence-electron chi connectivity index (χ3n) is 7.65. The maximum Gasteiger partial charge on any atom is 0.410 e. The van der Waals surface area contributed by atoms with Crippen molar-refractivity contribution in [1.29, 1.82) is 0 Å². The lowest BCUT2D eigenvalue weighted by Crippen LogP contribution is -2.67. The number of aliphatic hydroxyl groups is 1. The lowest BCUT2D eigenvalue weighted by molar-refractivity contribution is -0.0749. The van der Waals surface area contributed by atoms with Gasteiger partial charge in [0.2, 0.25) is 0 Å². The number of hydrogen-bond donors (Lipinski definition) is 1. The van der Waals surface area contributed by atoms with Crippen molar-refractivity contribution < 1.29 is 28.5 Å². The number of carbonyl (C=O) groups is 1. The second-order valence-electron chi connectivity index (χ2n) is 11.6. The highest BCUT2D eigenvalue weighted by Crippen LogP contribution is 2.37. The highest BCUT2D eigenvalue weighted by Gasteiger charge is 2.50. The van der Waals surface area contributed by atoms with Crippen LogP contribution < -0.4 is 10.4 Å². The molecule has 0 bridgehead atoms. The van der Waals surface area contributed by atoms with Gasteiger partial charge in [-0.2, -0.15) is 0 Å². The topological polar surface area (TPSA) is 77.5 Å². The SMILES string of the molecule is COCO[C@H]1CCN(C(=O)OCc2ccccc2)[C@H]1/C=C/[C@H](O)CO[Si](c1ccccc1)(c1ccccc1)C(C)(C)C. The van der Waals surface area contributed by atoms with Crippen LogP contribution in [0.3, 0.4) is 0 Å². The standard InChI is InChI=1S/C34H43NO6Si/c1-34(2,3)42(29-16-10-6-11-17-29,30-18-12-7-13-19-30)41-25-28(36)20-21-31-32(40-26-38-4)22-23-35(31)33(37)39-24-27-14-8-5-9-15-27/h5-21,28,31-32,36H,22-26H2,1-4H3/b21-20+/t28-,31-,32-/m0/s1. The molecule has 1 N–H and O–H groups in total. The molecule has 0 unspecified atom stereocenters. The van der Waals surface area contributed by atoms with Gasteiger partial charge in [0.15, 0.2) is 0 Å². The Morgan fingerprint density at radius 1 is 0.976 bits per heavy atom. The zero-order valence-electron chi connectivity index (χ0n) is 25.0. The number of methoxy groups -OCH3 is 1. The number of amides is 1. The molecule has 3 aromatic carbocycles. The summed E-state index contributed by atoms with van der Waals surface area (Å²) >= 11 is 0. The summed E-state index contributed by atoms with van der Waals surface area (Å²) in [6, 6.07) is 29.9. The number of carbonyl (C=O) groups excluding carboxylic acids is 1. The molecule has 0 saturated carbocycles. The molecule has 1 saturated heterocycles. The Morgan fingerprint density at radius 2 is 1.55 bits per heavy atom. The smallest absolute Gasteiger partial charge is 0.410 e. The van der Waals surface area contributed by atoms with Crippen molar-refractivity contribution in [1.82, 2.24) is 4.90 Å². The number of nitrogens with zero attached hydrogens (tertiary/aromatic N) is 1. The van der Waals surface area contributed by atoms with E-state index in [1.165, 1.54) is 0 Å². The third-order valence-corrected chi connectivity index (χ3v) is 12.7. The molecule has 7 nitrogen and oxygen atoms in total. The molecule has 3 atom stereocenters. The normalized spacial score (nSPS) is 18.4. The van der Waals surface area contributed by atoms with Crippen LogP contribution >= 0.6 is 0 Å². The molecular weight excluding hydrogens is 546 g/mol. The summed E-state index contributed by atoms with van der Waals surface area (Å²) in [5, 5.41) is 13.3. The van der Waals surface area contributed by atoms with E-state index >= 15 is 0 Å². The van der Waals surface area contributed by atoms with Gasteiger partial charge in [0.05, 0.1) is 24.9 Å². The second kappa shape index (κ2) is 14.8. The number of rotatable bonds is 12. The molecule has 4 rings (SSSR count). The van der Waals surface area contributed by atoms with Gasteiger partial charge < -0.3 is 23.7 Å². The quantitative estimate of drug-likeness (QED) is 0.184. The van der Waals surface area contributed by atoms with Crippen LogP contribution in [0.1, 0.15) is 32.8 Å². The lowest BCUT2D eigenvalue weighted by atomic mass is 10.1. The predicted molar refractivity (Wildman–Crippen MR) is 167 cm³/mol. The molecule has 0 aliphatic carbocycles. The maximum atomic E-state index is 13.1. The minimum atomic E-state index is -2.80. The lowest BCUT2D eigenvalue weighted by Gasteiger charge is -2.43. The van der Waals surface area contributed by atoms with Gasteiger partial charge in [0.25, 0.3) is 8.32 Å². The fourth-order valence-electron chi connectivity index (χ4n) is 5.64. The highest BCUT2D eigenvalue weighted by molar-refractivity contribution is 6.99. The number of benzene rings is 3. The average molecular weight is 590 g/mol. The van der Waals surface area contributed by atoms with Crippen molar-refractivity contribution in [3.05, 3.63) is 109 Å². The van der Waals surface area contributed by atoms with Gasteiger partial charge in [-0.15, -0.1) is 0 Å². The Labute approximate surface area is 250 Å². The minimum absolute atomic E-state index is 0.110. The van der Waals surface area contributed by atoms with Gasteiger partial charge in [-0.1, -0.05) is 124 Å². The van der Waals surface area contributed by atoms with Gasteiger partial charge >= 0.3 is 6.09 Å². The molecule has 0 radical (unpaired) electrons. The Morgan fingerprint density at radius 3 is 2.10 bits per heavy atom. The van der Waals surface area contributed by atoms with Gasteiger partial charge in [-0.3, -0.25) is 4.90 Å². The highest BCUT2D eigenvalue weighted by atomic mass is 28.4. The first-order valence-electron chi connectivity index (χ1n) is 14.5. The Bertz CT molecular complexity index is 1230. The van der Waals surface area contributed by atoms with Crippen LogP contribution in [0.25, 0.3) is 0 Å². The summed E-state index contributed by atoms with van der Waals surface area (Å²) in [4.78, 5) is 14.7. The van der Waals surface area contributed by atoms with E-state index in [1.54, 1.807) is 18.1 Å². The predicted octanol–water partition coefficient (Wildman–Crippen LogP) is 4.88. The van der Waals surface area contributed by atoms with Gasteiger partial charge in [0, 0.05) is 13.7 Å². The summed E-state index contributed by atoms with van der Waals surface area (Å²) in [6.45, 7) is 7.50. The molecule has 1 heterocycles. The third kappa shape index (κ3) is 7.56. The molecule has 42 heavy (non-hydrogen) atoms. The maximum absolute atomic E-state index is 13.1. The van der Waals surface area contributed by atoms with Crippen LogP contribution in [0.4, 0.5) is 4.79 Å². The molecule has 3 aromatic rings. The number of aliphatic hydroxyl groups excluding tert-OH is 1. The zero-order valence-corrected chi connectivity index (χ0v) is 26.0. The van der Waals surface area contributed by atoms with Crippen LogP contribution in [0.5, 0.6) is 0 Å². The van der Waals surface area contributed by atoms with Gasteiger partial charge in [-0.25, -0.2) is 4.79 Å². The minimum Gasteiger partial charge on any atom is -0.445 e. The molecule has 0 aromatic heterocycles. The summed E-state index contributed by atoms with van der Waals surface area (Å²) < 4.78 is 23.5. The molecule has 1 aliphatic heterocycles. The first kappa shape index (κ1) is 31.7. The van der Waals surface area contributed by atoms with Crippen molar-refractivity contribution in [2.75, 3.05) is 27.1 Å². The fraction of sp³-hybridized carbons (Fsp3) is 0.382. The number of ether oxygens (including phenoxy) is 3. The van der Waals surface area contributed by atoms with Crippen LogP contribution in [-0.2, 0) is 25.2 Å². The van der Waals surface area contributed by atoms with E-state index in [4.69, 9.17) is 18.6 Å². The first-order chi connectivity index (χ1) is 20.3. The molecule has 1 aliphatic rings. The monoisotopic (exact) mass is 589 g/mol. The van der Waals surface area contributed by atoms with Crippen molar-refractivity contribution in [3.63, 3.8) is 0 Å². The van der Waals surface area contributed by atoms with Gasteiger partial charge in [0.1, 0.15) is 13.4 Å². The Kier molecular flexibility index (Phi) is 11.1. The summed E-state index contributed by atoms with van der Waals surface area (Å²) in [7, 11) is -1.23. The largest absolute Gasteiger partial charge is 0.445 e. The van der Waals surface area contributed by atoms with Crippen LogP contribution in [0.15, 0.2) is 103 Å². The van der Waals surface area contributed by atoms with E-state index in [-0.39, 0.29) is 31.1 Å². The van der Waals surface area contributed by atoms with Crippen molar-refractivity contribution in [2.24, 2.45) is 0 Å². The van der Waals surface area contributed by atoms with E-state index < -0.39 is 26.6 Å².